The predicted octanol–water partition coefficient (Wildman–Crippen LogP) is 10.6. The highest BCUT2D eigenvalue weighted by Crippen LogP contribution is 2.48. The summed E-state index contributed by atoms with van der Waals surface area (Å²) in [5, 5.41) is 9.74. The van der Waals surface area contributed by atoms with Crippen molar-refractivity contribution in [1.29, 1.82) is 0 Å². The van der Waals surface area contributed by atoms with E-state index in [1.165, 1.54) is 24.3 Å². The Morgan fingerprint density at radius 2 is 1.01 bits per heavy atom. The van der Waals surface area contributed by atoms with Crippen LogP contribution in [0.3, 0.4) is 0 Å². The Morgan fingerprint density at radius 1 is 0.614 bits per heavy atom. The molecule has 2 amide bonds. The van der Waals surface area contributed by atoms with Gasteiger partial charge in [0, 0.05) is 105 Å². The van der Waals surface area contributed by atoms with Gasteiger partial charge in [-0.1, -0.05) is 0 Å². The monoisotopic (exact) mass is 970 g/mol. The number of halogens is 2. The van der Waals surface area contributed by atoms with Gasteiger partial charge in [-0.05, 0) is 142 Å². The van der Waals surface area contributed by atoms with Crippen molar-refractivity contribution in [3.05, 3.63) is 118 Å². The summed E-state index contributed by atoms with van der Waals surface area (Å²) in [6.45, 7) is 18.5. The van der Waals surface area contributed by atoms with E-state index in [1.54, 1.807) is 30.3 Å². The van der Waals surface area contributed by atoms with Crippen LogP contribution in [0.15, 0.2) is 72.8 Å². The lowest BCUT2D eigenvalue weighted by atomic mass is 9.81. The highest BCUT2D eigenvalue weighted by atomic mass is 19.1. The van der Waals surface area contributed by atoms with Crippen LogP contribution in [0.25, 0.3) is 0 Å². The van der Waals surface area contributed by atoms with Gasteiger partial charge in [0.1, 0.15) is 45.8 Å². The number of likely N-dealkylation sites (tertiary alicyclic amines) is 2. The fraction of sp³-hybridized carbons (Fsp3) is 0.536. The molecule has 14 heteroatoms. The van der Waals surface area contributed by atoms with E-state index in [9.17, 15) is 23.5 Å². The van der Waals surface area contributed by atoms with Crippen molar-refractivity contribution in [3.63, 3.8) is 0 Å². The Labute approximate surface area is 413 Å². The largest absolute Gasteiger partial charge is 0.491 e. The molecule has 0 aromatic heterocycles. The van der Waals surface area contributed by atoms with Crippen molar-refractivity contribution in [2.45, 2.75) is 155 Å². The molecule has 2 spiro atoms. The first-order valence-corrected chi connectivity index (χ1v) is 25.0. The summed E-state index contributed by atoms with van der Waals surface area (Å²) in [5.74, 6) is 2.10. The average Bonchev–Trinajstić information content (AvgIpc) is 3.30. The van der Waals surface area contributed by atoms with Crippen LogP contribution in [-0.4, -0.2) is 108 Å². The lowest BCUT2D eigenvalue weighted by Gasteiger charge is -2.47. The van der Waals surface area contributed by atoms with Crippen LogP contribution in [0, 0.1) is 11.6 Å². The Bertz CT molecular complexity index is 2440. The molecule has 4 aliphatic rings. The van der Waals surface area contributed by atoms with E-state index in [-0.39, 0.29) is 66.7 Å². The number of aliphatic hydroxyl groups is 1. The van der Waals surface area contributed by atoms with Gasteiger partial charge >= 0.3 is 0 Å². The van der Waals surface area contributed by atoms with Crippen molar-refractivity contribution < 1.29 is 51.9 Å². The zero-order valence-electron chi connectivity index (χ0n) is 42.7. The molecule has 0 unspecified atom stereocenters. The highest BCUT2D eigenvalue weighted by molar-refractivity contribution is 5.95. The number of amides is 2. The van der Waals surface area contributed by atoms with E-state index >= 15 is 0 Å². The molecule has 2 saturated heterocycles. The van der Waals surface area contributed by atoms with Crippen molar-refractivity contribution in [3.8, 4) is 23.0 Å². The van der Waals surface area contributed by atoms with E-state index in [1.807, 2.05) is 97.5 Å². The fourth-order valence-corrected chi connectivity index (χ4v) is 10.0. The first-order chi connectivity index (χ1) is 33.2. The molecule has 0 saturated carbocycles. The molecule has 0 aliphatic carbocycles. The molecule has 380 valence electrons. The van der Waals surface area contributed by atoms with Gasteiger partial charge in [-0.3, -0.25) is 9.59 Å². The number of hydrogen-bond acceptors (Lipinski definition) is 10. The summed E-state index contributed by atoms with van der Waals surface area (Å²) < 4.78 is 64.8. The zero-order chi connectivity index (χ0) is 50.5. The van der Waals surface area contributed by atoms with E-state index in [4.69, 9.17) is 28.4 Å². The Morgan fingerprint density at radius 3 is 1.39 bits per heavy atom. The first kappa shape index (κ1) is 52.5. The molecular weight excluding hydrogens is 897 g/mol. The molecular formula is C56H73F2N3O9. The van der Waals surface area contributed by atoms with Crippen LogP contribution in [0.1, 0.15) is 149 Å². The number of aliphatic hydroxyl groups excluding tert-OH is 1. The number of carbonyl (C=O) groups is 2. The van der Waals surface area contributed by atoms with E-state index in [2.05, 4.69) is 4.90 Å². The summed E-state index contributed by atoms with van der Waals surface area (Å²) in [6, 6.07) is 20.2. The summed E-state index contributed by atoms with van der Waals surface area (Å²) >= 11 is 0. The Hall–Kier alpha value is -5.28. The van der Waals surface area contributed by atoms with Crippen molar-refractivity contribution in [1.82, 2.24) is 14.7 Å². The lowest BCUT2D eigenvalue weighted by molar-refractivity contribution is -0.0879. The fourth-order valence-electron chi connectivity index (χ4n) is 10.0. The summed E-state index contributed by atoms with van der Waals surface area (Å²) in [4.78, 5) is 32.5. The van der Waals surface area contributed by atoms with Crippen molar-refractivity contribution in [2.75, 3.05) is 40.3 Å². The second kappa shape index (κ2) is 22.4. The topological polar surface area (TPSA) is 119 Å². The molecule has 4 heterocycles. The molecule has 4 aromatic carbocycles. The van der Waals surface area contributed by atoms with Crippen LogP contribution in [-0.2, 0) is 22.6 Å². The predicted molar refractivity (Wildman–Crippen MR) is 265 cm³/mol. The van der Waals surface area contributed by atoms with Gasteiger partial charge in [-0.25, -0.2) is 8.78 Å². The van der Waals surface area contributed by atoms with Crippen LogP contribution >= 0.6 is 0 Å². The molecule has 70 heavy (non-hydrogen) atoms. The van der Waals surface area contributed by atoms with Gasteiger partial charge < -0.3 is 48.2 Å². The summed E-state index contributed by atoms with van der Waals surface area (Å²) in [7, 11) is 4.01. The SMILES string of the molecule is CC(C)Oc1ccc(C(=O)N2CCC3(CC2)C[C@@H](OC(C)C)c2cc(F)ccc2O3)cc1CN(C)C.CC(C)Oc1ccc(C(=O)N2CCC3(CC2)C[C@@H](OC(C)C)c2cc(F)ccc2O3)cc1CO. The molecule has 0 radical (unpaired) electrons. The standard InChI is InChI=1S/C29H39FN2O4.C27H34FNO5/c1-19(2)34-25-9-7-21(15-22(25)18-31(5)6)28(33)32-13-11-29(12-14-32)17-27(35-20(3)4)24-16-23(30)8-10-26(24)36-29;1-17(2)32-23-7-5-19(13-20(23)16-30)26(31)29-11-9-27(10-12-29)15-25(33-18(3)4)22-14-21(28)6-8-24(22)34-27/h7-10,15-16,19-20,27H,11-14,17-18H2,1-6H3;5-8,13-14,17-18,25,30H,9-12,15-16H2,1-4H3/t27-;25-/m11/s1. The zero-order valence-corrected chi connectivity index (χ0v) is 42.7. The Balaban J connectivity index is 0.000000207. The van der Waals surface area contributed by atoms with Gasteiger partial charge in [-0.2, -0.15) is 0 Å². The van der Waals surface area contributed by atoms with Gasteiger partial charge in [0.25, 0.3) is 11.8 Å². The van der Waals surface area contributed by atoms with E-state index in [0.29, 0.717) is 105 Å². The molecule has 4 aromatic rings. The van der Waals surface area contributed by atoms with E-state index in [0.717, 1.165) is 22.4 Å². The van der Waals surface area contributed by atoms with Crippen LogP contribution in [0.2, 0.25) is 0 Å². The number of carbonyl (C=O) groups excluding carboxylic acids is 2. The minimum absolute atomic E-state index is 0.00121. The van der Waals surface area contributed by atoms with Crippen LogP contribution < -0.4 is 18.9 Å². The molecule has 0 bridgehead atoms. The molecule has 8 rings (SSSR count). The molecule has 1 N–H and O–H groups in total. The maximum absolute atomic E-state index is 14.0. The number of fused-ring (bicyclic) bond motifs is 2. The molecule has 4 aliphatic heterocycles. The first-order valence-electron chi connectivity index (χ1n) is 25.0. The normalized spacial score (nSPS) is 19.2. The summed E-state index contributed by atoms with van der Waals surface area (Å²) in [5.41, 5.74) is 3.44. The van der Waals surface area contributed by atoms with Gasteiger partial charge in [0.05, 0.1) is 43.2 Å². The number of rotatable bonds is 13. The molecule has 2 atom stereocenters. The number of benzene rings is 4. The summed E-state index contributed by atoms with van der Waals surface area (Å²) in [6.07, 6.45) is 3.58. The van der Waals surface area contributed by atoms with Crippen LogP contribution in [0.5, 0.6) is 23.0 Å². The quantitative estimate of drug-likeness (QED) is 0.139. The third-order valence-corrected chi connectivity index (χ3v) is 13.2. The minimum Gasteiger partial charge on any atom is -0.491 e. The lowest BCUT2D eigenvalue weighted by Crippen LogP contribution is -2.52. The molecule has 2 fully saturated rings. The third kappa shape index (κ3) is 12.8. The third-order valence-electron chi connectivity index (χ3n) is 13.2. The number of hydrogen-bond donors (Lipinski definition) is 1. The Kier molecular flexibility index (Phi) is 16.8. The second-order valence-corrected chi connectivity index (χ2v) is 20.6. The van der Waals surface area contributed by atoms with Crippen molar-refractivity contribution in [2.24, 2.45) is 0 Å². The molecule has 12 nitrogen and oxygen atoms in total. The highest BCUT2D eigenvalue weighted by Gasteiger charge is 2.46. The number of ether oxygens (including phenoxy) is 6. The minimum atomic E-state index is -0.452. The maximum Gasteiger partial charge on any atom is 0.253 e. The van der Waals surface area contributed by atoms with Crippen LogP contribution in [0.4, 0.5) is 8.78 Å². The van der Waals surface area contributed by atoms with Gasteiger partial charge in [0.15, 0.2) is 0 Å². The average molecular weight is 970 g/mol. The maximum atomic E-state index is 14.0. The van der Waals surface area contributed by atoms with Gasteiger partial charge in [0.2, 0.25) is 0 Å². The second-order valence-electron chi connectivity index (χ2n) is 20.6. The number of piperidine rings is 2. The van der Waals surface area contributed by atoms with Crippen molar-refractivity contribution >= 4 is 11.8 Å². The van der Waals surface area contributed by atoms with Gasteiger partial charge in [-0.15, -0.1) is 0 Å². The smallest absolute Gasteiger partial charge is 0.253 e. The van der Waals surface area contributed by atoms with E-state index < -0.39 is 11.2 Å². The number of nitrogens with zero attached hydrogens (tertiary/aromatic N) is 3.